The molecule has 0 spiro atoms. The van der Waals surface area contributed by atoms with Crippen LogP contribution in [0.1, 0.15) is 36.8 Å². The molecule has 0 aromatic carbocycles. The van der Waals surface area contributed by atoms with Crippen molar-refractivity contribution in [2.75, 3.05) is 0 Å². The van der Waals surface area contributed by atoms with Gasteiger partial charge in [0.05, 0.1) is 18.2 Å². The summed E-state index contributed by atoms with van der Waals surface area (Å²) in [6.45, 7) is 0. The van der Waals surface area contributed by atoms with Gasteiger partial charge in [0.25, 0.3) is 0 Å². The summed E-state index contributed by atoms with van der Waals surface area (Å²) in [5.74, 6) is 2.26. The highest BCUT2D eigenvalue weighted by atomic mass is 16.3. The third-order valence-corrected chi connectivity index (χ3v) is 4.08. The Morgan fingerprint density at radius 3 is 2.90 bits per heavy atom. The molecule has 4 heteroatoms. The Hall–Kier alpha value is -2.23. The topological polar surface area (TPSA) is 50.7 Å². The predicted molar refractivity (Wildman–Crippen MR) is 76.0 cm³/mol. The van der Waals surface area contributed by atoms with Crippen molar-refractivity contribution in [1.82, 2.24) is 5.43 Å². The molecule has 3 heterocycles. The Balaban J connectivity index is 1.63. The van der Waals surface area contributed by atoms with E-state index < -0.39 is 0 Å². The fraction of sp³-hybridized carbons (Fsp3) is 0.312. The van der Waals surface area contributed by atoms with Gasteiger partial charge in [-0.3, -0.25) is 5.43 Å². The molecule has 1 aliphatic carbocycles. The van der Waals surface area contributed by atoms with Crippen molar-refractivity contribution >= 4 is 11.8 Å². The predicted octanol–water partition coefficient (Wildman–Crippen LogP) is 3.76. The number of allylic oxidation sites excluding steroid dienone is 1. The molecule has 0 radical (unpaired) electrons. The van der Waals surface area contributed by atoms with E-state index in [9.17, 15) is 0 Å². The summed E-state index contributed by atoms with van der Waals surface area (Å²) in [5, 5.41) is 4.55. The third kappa shape index (κ3) is 1.88. The Morgan fingerprint density at radius 2 is 2.10 bits per heavy atom. The van der Waals surface area contributed by atoms with Gasteiger partial charge in [-0.25, -0.2) is 0 Å². The Morgan fingerprint density at radius 1 is 1.20 bits per heavy atom. The van der Waals surface area contributed by atoms with Crippen molar-refractivity contribution in [2.24, 2.45) is 11.0 Å². The number of hydrazone groups is 1. The second-order valence-corrected chi connectivity index (χ2v) is 5.30. The molecule has 1 aliphatic heterocycles. The van der Waals surface area contributed by atoms with Gasteiger partial charge < -0.3 is 8.83 Å². The Bertz CT molecular complexity index is 638. The van der Waals surface area contributed by atoms with Gasteiger partial charge in [-0.05, 0) is 55.2 Å². The Labute approximate surface area is 117 Å². The molecule has 1 saturated carbocycles. The van der Waals surface area contributed by atoms with E-state index >= 15 is 0 Å². The normalized spacial score (nSPS) is 27.2. The molecule has 1 fully saturated rings. The lowest BCUT2D eigenvalue weighted by atomic mass is 9.79. The maximum absolute atomic E-state index is 5.53. The van der Waals surface area contributed by atoms with Crippen LogP contribution in [0.5, 0.6) is 0 Å². The lowest BCUT2D eigenvalue weighted by molar-refractivity contribution is 0.371. The van der Waals surface area contributed by atoms with Crippen LogP contribution in [-0.2, 0) is 0 Å². The van der Waals surface area contributed by atoms with Gasteiger partial charge in [-0.1, -0.05) is 0 Å². The van der Waals surface area contributed by atoms with E-state index in [0.29, 0.717) is 5.92 Å². The van der Waals surface area contributed by atoms with Gasteiger partial charge in [0, 0.05) is 5.92 Å². The van der Waals surface area contributed by atoms with Gasteiger partial charge in [0.1, 0.15) is 17.6 Å². The number of furan rings is 2. The van der Waals surface area contributed by atoms with Crippen molar-refractivity contribution in [3.63, 3.8) is 0 Å². The molecule has 0 amide bonds. The molecule has 102 valence electrons. The summed E-state index contributed by atoms with van der Waals surface area (Å²) >= 11 is 0. The summed E-state index contributed by atoms with van der Waals surface area (Å²) in [5.41, 5.74) is 5.67. The molecule has 2 aromatic rings. The molecule has 2 aliphatic rings. The highest BCUT2D eigenvalue weighted by molar-refractivity contribution is 6.06. The van der Waals surface area contributed by atoms with Gasteiger partial charge >= 0.3 is 0 Å². The summed E-state index contributed by atoms with van der Waals surface area (Å²) < 4.78 is 10.9. The molecule has 2 atom stereocenters. The van der Waals surface area contributed by atoms with Crippen molar-refractivity contribution in [2.45, 2.75) is 25.3 Å². The fourth-order valence-corrected chi connectivity index (χ4v) is 3.15. The molecule has 0 bridgehead atoms. The average Bonchev–Trinajstić information content (AvgIpc) is 3.20. The first-order valence-corrected chi connectivity index (χ1v) is 7.03. The largest absolute Gasteiger partial charge is 0.467 e. The molecule has 4 nitrogen and oxygen atoms in total. The lowest BCUT2D eigenvalue weighted by Crippen LogP contribution is -2.25. The van der Waals surface area contributed by atoms with Gasteiger partial charge in [-0.2, -0.15) is 5.10 Å². The summed E-state index contributed by atoms with van der Waals surface area (Å²) in [7, 11) is 0. The zero-order chi connectivity index (χ0) is 13.4. The molecule has 2 aromatic heterocycles. The smallest absolute Gasteiger partial charge is 0.128 e. The van der Waals surface area contributed by atoms with Crippen LogP contribution in [0.3, 0.4) is 0 Å². The lowest BCUT2D eigenvalue weighted by Gasteiger charge is -2.24. The van der Waals surface area contributed by atoms with Gasteiger partial charge in [-0.15, -0.1) is 0 Å². The molecule has 2 unspecified atom stereocenters. The maximum atomic E-state index is 5.53. The highest BCUT2D eigenvalue weighted by Crippen LogP contribution is 2.39. The number of fused-ring (bicyclic) bond motifs is 1. The molecular formula is C16H16N2O2. The fourth-order valence-electron chi connectivity index (χ4n) is 3.15. The van der Waals surface area contributed by atoms with Crippen LogP contribution in [0.4, 0.5) is 0 Å². The number of hydrogen-bond acceptors (Lipinski definition) is 4. The molecule has 0 saturated heterocycles. The van der Waals surface area contributed by atoms with Crippen LogP contribution >= 0.6 is 0 Å². The molecule has 1 N–H and O–H groups in total. The van der Waals surface area contributed by atoms with Crippen LogP contribution in [0.15, 0.2) is 56.3 Å². The van der Waals surface area contributed by atoms with E-state index in [1.54, 1.807) is 12.5 Å². The van der Waals surface area contributed by atoms with E-state index in [4.69, 9.17) is 8.83 Å². The minimum absolute atomic E-state index is 0.167. The van der Waals surface area contributed by atoms with Crippen molar-refractivity contribution in [3.8, 4) is 0 Å². The van der Waals surface area contributed by atoms with E-state index in [1.165, 1.54) is 12.0 Å². The van der Waals surface area contributed by atoms with Crippen molar-refractivity contribution < 1.29 is 8.83 Å². The summed E-state index contributed by atoms with van der Waals surface area (Å²) in [6, 6.07) is 8.00. The second kappa shape index (κ2) is 4.71. The van der Waals surface area contributed by atoms with Crippen LogP contribution in [0, 0.1) is 5.92 Å². The van der Waals surface area contributed by atoms with Crippen molar-refractivity contribution in [3.05, 3.63) is 53.9 Å². The first-order chi connectivity index (χ1) is 9.92. The van der Waals surface area contributed by atoms with E-state index in [2.05, 4.69) is 16.6 Å². The van der Waals surface area contributed by atoms with Crippen LogP contribution in [0.25, 0.3) is 6.08 Å². The SMILES string of the molecule is C(=C1\CCCC2C1=NNC2c1ccco1)/c1ccco1. The first kappa shape index (κ1) is 11.6. The quantitative estimate of drug-likeness (QED) is 0.902. The minimum atomic E-state index is 0.167. The summed E-state index contributed by atoms with van der Waals surface area (Å²) in [4.78, 5) is 0. The highest BCUT2D eigenvalue weighted by Gasteiger charge is 2.38. The third-order valence-electron chi connectivity index (χ3n) is 4.08. The number of hydrogen-bond donors (Lipinski definition) is 1. The van der Waals surface area contributed by atoms with Crippen LogP contribution in [-0.4, -0.2) is 5.71 Å². The number of nitrogens with one attached hydrogen (secondary N) is 1. The van der Waals surface area contributed by atoms with Crippen LogP contribution in [0.2, 0.25) is 0 Å². The van der Waals surface area contributed by atoms with Gasteiger partial charge in [0.2, 0.25) is 0 Å². The monoisotopic (exact) mass is 268 g/mol. The summed E-state index contributed by atoms with van der Waals surface area (Å²) in [6.07, 6.45) is 8.91. The minimum Gasteiger partial charge on any atom is -0.467 e. The van der Waals surface area contributed by atoms with Gasteiger partial charge in [0.15, 0.2) is 0 Å². The average molecular weight is 268 g/mol. The standard InChI is InChI=1S/C16H16N2O2/c1-4-11(10-12-5-2-8-19-12)15-13(6-1)16(18-17-15)14-7-3-9-20-14/h2-3,5,7-10,13,16,18H,1,4,6H2/b11-10-. The van der Waals surface area contributed by atoms with Crippen LogP contribution < -0.4 is 5.43 Å². The number of nitrogens with zero attached hydrogens (tertiary/aromatic N) is 1. The zero-order valence-corrected chi connectivity index (χ0v) is 11.1. The second-order valence-electron chi connectivity index (χ2n) is 5.30. The van der Waals surface area contributed by atoms with E-state index in [-0.39, 0.29) is 6.04 Å². The van der Waals surface area contributed by atoms with E-state index in [0.717, 1.165) is 30.1 Å². The van der Waals surface area contributed by atoms with E-state index in [1.807, 2.05) is 24.3 Å². The Kier molecular flexibility index (Phi) is 2.73. The molecular weight excluding hydrogens is 252 g/mol. The maximum Gasteiger partial charge on any atom is 0.128 e. The molecule has 4 rings (SSSR count). The number of rotatable bonds is 2. The molecule has 20 heavy (non-hydrogen) atoms. The zero-order valence-electron chi connectivity index (χ0n) is 11.1. The first-order valence-electron chi connectivity index (χ1n) is 7.03. The van der Waals surface area contributed by atoms with Crippen molar-refractivity contribution in [1.29, 1.82) is 0 Å².